The van der Waals surface area contributed by atoms with E-state index in [1.54, 1.807) is 0 Å². The Kier molecular flexibility index (Phi) is 5.03. The molecule has 0 radical (unpaired) electrons. The van der Waals surface area contributed by atoms with Gasteiger partial charge in [0, 0.05) is 31.7 Å². The summed E-state index contributed by atoms with van der Waals surface area (Å²) in [5, 5.41) is 3.31. The Morgan fingerprint density at radius 1 is 0.960 bits per heavy atom. The summed E-state index contributed by atoms with van der Waals surface area (Å²) in [4.78, 5) is 27.0. The van der Waals surface area contributed by atoms with Gasteiger partial charge in [-0.05, 0) is 51.4 Å². The van der Waals surface area contributed by atoms with Gasteiger partial charge < -0.3 is 15.0 Å². The number of piperidine rings is 1. The largest absolute Gasteiger partial charge is 0.375 e. The van der Waals surface area contributed by atoms with Crippen LogP contribution in [-0.4, -0.2) is 48.1 Å². The molecule has 4 aliphatic rings. The predicted octanol–water partition coefficient (Wildman–Crippen LogP) is 2.63. The molecule has 0 bridgehead atoms. The van der Waals surface area contributed by atoms with E-state index in [1.165, 1.54) is 19.3 Å². The van der Waals surface area contributed by atoms with Crippen LogP contribution in [0.15, 0.2) is 0 Å². The zero-order valence-corrected chi connectivity index (χ0v) is 15.3. The number of ether oxygens (including phenoxy) is 1. The first-order chi connectivity index (χ1) is 12.2. The highest BCUT2D eigenvalue weighted by atomic mass is 16.5. The van der Waals surface area contributed by atoms with Crippen LogP contribution in [0.3, 0.4) is 0 Å². The molecule has 2 heterocycles. The molecule has 4 fully saturated rings. The number of nitrogens with one attached hydrogen (secondary N) is 1. The van der Waals surface area contributed by atoms with E-state index in [1.807, 2.05) is 4.90 Å². The zero-order valence-electron chi connectivity index (χ0n) is 15.3. The summed E-state index contributed by atoms with van der Waals surface area (Å²) >= 11 is 0. The SMILES string of the molecule is O=C(NC1CCOC2(CCCCC2)C1)C1CCCN(C(=O)C2CC2)C1. The molecule has 2 atom stereocenters. The fourth-order valence-electron chi connectivity index (χ4n) is 4.99. The number of likely N-dealkylation sites (tertiary alicyclic amines) is 1. The standard InChI is InChI=1S/C20H32N2O3/c23-18(16-5-4-11-22(14-16)19(24)15-6-7-15)21-17-8-12-25-20(13-17)9-2-1-3-10-20/h15-17H,1-14H2,(H,21,23). The van der Waals surface area contributed by atoms with Crippen molar-refractivity contribution < 1.29 is 14.3 Å². The second-order valence-electron chi connectivity index (χ2n) is 8.69. The predicted molar refractivity (Wildman–Crippen MR) is 95.0 cm³/mol. The summed E-state index contributed by atoms with van der Waals surface area (Å²) in [6.07, 6.45) is 11.9. The molecule has 2 unspecified atom stereocenters. The Balaban J connectivity index is 1.30. The molecule has 4 rings (SSSR count). The molecule has 5 heteroatoms. The van der Waals surface area contributed by atoms with Crippen LogP contribution in [0.2, 0.25) is 0 Å². The number of nitrogens with zero attached hydrogens (tertiary/aromatic N) is 1. The molecule has 2 amide bonds. The summed E-state index contributed by atoms with van der Waals surface area (Å²) in [7, 11) is 0. The summed E-state index contributed by atoms with van der Waals surface area (Å²) in [5.41, 5.74) is 0.0228. The third kappa shape index (κ3) is 4.02. The Morgan fingerprint density at radius 2 is 1.76 bits per heavy atom. The van der Waals surface area contributed by atoms with Gasteiger partial charge in [-0.1, -0.05) is 19.3 Å². The van der Waals surface area contributed by atoms with E-state index in [0.717, 1.165) is 64.5 Å². The lowest BCUT2D eigenvalue weighted by atomic mass is 9.78. The van der Waals surface area contributed by atoms with Crippen molar-refractivity contribution in [1.29, 1.82) is 0 Å². The Hall–Kier alpha value is -1.10. The van der Waals surface area contributed by atoms with Crippen LogP contribution >= 0.6 is 0 Å². The molecule has 0 aromatic carbocycles. The Morgan fingerprint density at radius 3 is 2.52 bits per heavy atom. The molecule has 0 aromatic heterocycles. The van der Waals surface area contributed by atoms with Gasteiger partial charge in [0.1, 0.15) is 0 Å². The van der Waals surface area contributed by atoms with Crippen LogP contribution in [0.5, 0.6) is 0 Å². The van der Waals surface area contributed by atoms with Crippen molar-refractivity contribution >= 4 is 11.8 Å². The van der Waals surface area contributed by atoms with Crippen molar-refractivity contribution in [3.63, 3.8) is 0 Å². The molecule has 2 aliphatic carbocycles. The van der Waals surface area contributed by atoms with Crippen LogP contribution in [0.1, 0.15) is 70.6 Å². The molecule has 140 valence electrons. The Bertz CT molecular complexity index is 506. The third-order valence-corrected chi connectivity index (χ3v) is 6.63. The van der Waals surface area contributed by atoms with Crippen LogP contribution in [0.25, 0.3) is 0 Å². The fourth-order valence-corrected chi connectivity index (χ4v) is 4.99. The molecule has 1 spiro atoms. The first-order valence-corrected chi connectivity index (χ1v) is 10.4. The quantitative estimate of drug-likeness (QED) is 0.853. The van der Waals surface area contributed by atoms with Crippen molar-refractivity contribution in [2.75, 3.05) is 19.7 Å². The highest BCUT2D eigenvalue weighted by Crippen LogP contribution is 2.38. The molecule has 2 aliphatic heterocycles. The fraction of sp³-hybridized carbons (Fsp3) is 0.900. The van der Waals surface area contributed by atoms with Crippen LogP contribution in [0, 0.1) is 11.8 Å². The van der Waals surface area contributed by atoms with Gasteiger partial charge in [0.05, 0.1) is 11.5 Å². The lowest BCUT2D eigenvalue weighted by Crippen LogP contribution is -2.52. The molecule has 5 nitrogen and oxygen atoms in total. The number of hydrogen-bond donors (Lipinski definition) is 1. The average molecular weight is 348 g/mol. The Labute approximate surface area is 150 Å². The summed E-state index contributed by atoms with van der Waals surface area (Å²) in [6.45, 7) is 2.22. The van der Waals surface area contributed by atoms with Crippen LogP contribution in [0.4, 0.5) is 0 Å². The van der Waals surface area contributed by atoms with Gasteiger partial charge in [-0.25, -0.2) is 0 Å². The first kappa shape index (κ1) is 17.3. The molecular weight excluding hydrogens is 316 g/mol. The van der Waals surface area contributed by atoms with E-state index in [0.29, 0.717) is 6.54 Å². The molecule has 25 heavy (non-hydrogen) atoms. The normalized spacial score (nSPS) is 32.4. The van der Waals surface area contributed by atoms with E-state index in [4.69, 9.17) is 4.74 Å². The van der Waals surface area contributed by atoms with E-state index >= 15 is 0 Å². The van der Waals surface area contributed by atoms with Gasteiger partial charge in [0.2, 0.25) is 11.8 Å². The minimum atomic E-state index is -0.0263. The lowest BCUT2D eigenvalue weighted by Gasteiger charge is -2.44. The monoisotopic (exact) mass is 348 g/mol. The van der Waals surface area contributed by atoms with Crippen molar-refractivity contribution in [2.45, 2.75) is 82.3 Å². The molecule has 2 saturated carbocycles. The second-order valence-corrected chi connectivity index (χ2v) is 8.69. The first-order valence-electron chi connectivity index (χ1n) is 10.4. The summed E-state index contributed by atoms with van der Waals surface area (Å²) < 4.78 is 6.14. The maximum absolute atomic E-state index is 12.8. The maximum atomic E-state index is 12.8. The number of rotatable bonds is 3. The van der Waals surface area contributed by atoms with Gasteiger partial charge >= 0.3 is 0 Å². The van der Waals surface area contributed by atoms with Crippen molar-refractivity contribution in [2.24, 2.45) is 11.8 Å². The average Bonchev–Trinajstić information content (AvgIpc) is 3.47. The van der Waals surface area contributed by atoms with Crippen LogP contribution in [-0.2, 0) is 14.3 Å². The van der Waals surface area contributed by atoms with Gasteiger partial charge in [0.15, 0.2) is 0 Å². The summed E-state index contributed by atoms with van der Waals surface area (Å²) in [6, 6.07) is 0.244. The topological polar surface area (TPSA) is 58.6 Å². The molecule has 0 aromatic rings. The van der Waals surface area contributed by atoms with E-state index in [2.05, 4.69) is 5.32 Å². The lowest BCUT2D eigenvalue weighted by molar-refractivity contribution is -0.138. The van der Waals surface area contributed by atoms with Gasteiger partial charge in [-0.15, -0.1) is 0 Å². The minimum absolute atomic E-state index is 0.0228. The zero-order chi connectivity index (χ0) is 17.3. The van der Waals surface area contributed by atoms with Gasteiger partial charge in [0.25, 0.3) is 0 Å². The number of carbonyl (C=O) groups is 2. The smallest absolute Gasteiger partial charge is 0.225 e. The molecular formula is C20H32N2O3. The number of hydrogen-bond acceptors (Lipinski definition) is 3. The summed E-state index contributed by atoms with van der Waals surface area (Å²) in [5.74, 6) is 0.668. The molecule has 2 saturated heterocycles. The third-order valence-electron chi connectivity index (χ3n) is 6.63. The van der Waals surface area contributed by atoms with Crippen LogP contribution < -0.4 is 5.32 Å². The van der Waals surface area contributed by atoms with Crippen molar-refractivity contribution in [3.8, 4) is 0 Å². The van der Waals surface area contributed by atoms with Crippen molar-refractivity contribution in [1.82, 2.24) is 10.2 Å². The van der Waals surface area contributed by atoms with Gasteiger partial charge in [-0.3, -0.25) is 9.59 Å². The minimum Gasteiger partial charge on any atom is -0.375 e. The van der Waals surface area contributed by atoms with E-state index in [9.17, 15) is 9.59 Å². The number of amides is 2. The number of carbonyl (C=O) groups excluding carboxylic acids is 2. The van der Waals surface area contributed by atoms with Gasteiger partial charge in [-0.2, -0.15) is 0 Å². The van der Waals surface area contributed by atoms with E-state index < -0.39 is 0 Å². The highest BCUT2D eigenvalue weighted by Gasteiger charge is 2.40. The second kappa shape index (κ2) is 7.26. The maximum Gasteiger partial charge on any atom is 0.225 e. The highest BCUT2D eigenvalue weighted by molar-refractivity contribution is 5.83. The van der Waals surface area contributed by atoms with E-state index in [-0.39, 0.29) is 35.3 Å². The van der Waals surface area contributed by atoms with Crippen molar-refractivity contribution in [3.05, 3.63) is 0 Å². The molecule has 1 N–H and O–H groups in total.